The van der Waals surface area contributed by atoms with Crippen molar-refractivity contribution in [2.45, 2.75) is 120 Å². The molecule has 4 aliphatic rings. The van der Waals surface area contributed by atoms with Crippen LogP contribution in [0.4, 0.5) is 0 Å². The van der Waals surface area contributed by atoms with Gasteiger partial charge in [0.15, 0.2) is 5.82 Å². The predicted molar refractivity (Wildman–Crippen MR) is 165 cm³/mol. The third kappa shape index (κ3) is 7.80. The average Bonchev–Trinajstić information content (AvgIpc) is 3.33. The van der Waals surface area contributed by atoms with Crippen LogP contribution < -0.4 is 10.6 Å². The third-order valence-electron chi connectivity index (χ3n) is 10.3. The summed E-state index contributed by atoms with van der Waals surface area (Å²) >= 11 is 6.48. The Morgan fingerprint density at radius 2 is 1.72 bits per heavy atom. The molecule has 2 amide bonds. The molecule has 1 aromatic rings. The highest BCUT2D eigenvalue weighted by Gasteiger charge is 2.43. The number of carbonyl (C=O) groups is 2. The number of halogens is 1. The molecule has 4 atom stereocenters. The summed E-state index contributed by atoms with van der Waals surface area (Å²) in [5.41, 5.74) is 1.21. The number of nitrogens with one attached hydrogen (secondary N) is 2. The summed E-state index contributed by atoms with van der Waals surface area (Å²) in [6.07, 6.45) is 10.5. The fourth-order valence-corrected chi connectivity index (χ4v) is 8.06. The summed E-state index contributed by atoms with van der Waals surface area (Å²) in [5.74, 6) is 1.91. The van der Waals surface area contributed by atoms with Crippen molar-refractivity contribution in [2.75, 3.05) is 20.2 Å². The summed E-state index contributed by atoms with van der Waals surface area (Å²) in [6, 6.07) is -0.187. The van der Waals surface area contributed by atoms with E-state index < -0.39 is 13.2 Å². The van der Waals surface area contributed by atoms with E-state index in [1.807, 2.05) is 6.92 Å². The molecule has 0 aromatic carbocycles. The standard InChI is InChI=1S/C30H48BClN6O5/c1-18-36-37-29-25(17-27(39)33-14-3-15-34-30(40)20-4-8-21(9-5-20)31(41)42)35-28(19-6-10-22(32)11-7-19)24-16-23(43-2)12-13-26(24)38(18)29/h19-26,41-42H,3-17H2,1-2H3,(H,33,39)(H,34,40)/t19?,20?,21?,22?,23?,24?,25-,26?/m0/s1. The zero-order valence-corrected chi connectivity index (χ0v) is 26.3. The molecule has 0 spiro atoms. The maximum Gasteiger partial charge on any atom is 0.454 e. The third-order valence-corrected chi connectivity index (χ3v) is 10.7. The zero-order chi connectivity index (χ0) is 30.5. The highest BCUT2D eigenvalue weighted by Crippen LogP contribution is 2.45. The van der Waals surface area contributed by atoms with Crippen molar-refractivity contribution in [3.05, 3.63) is 11.6 Å². The molecule has 238 valence electrons. The van der Waals surface area contributed by atoms with Crippen molar-refractivity contribution >= 4 is 36.2 Å². The van der Waals surface area contributed by atoms with Gasteiger partial charge in [0.1, 0.15) is 11.9 Å². The van der Waals surface area contributed by atoms with E-state index in [-0.39, 0.29) is 53.4 Å². The minimum atomic E-state index is -1.30. The predicted octanol–water partition coefficient (Wildman–Crippen LogP) is 3.28. The van der Waals surface area contributed by atoms with E-state index in [0.29, 0.717) is 51.1 Å². The van der Waals surface area contributed by atoms with Crippen LogP contribution in [0, 0.1) is 24.7 Å². The quantitative estimate of drug-likeness (QED) is 0.178. The number of nitrogens with zero attached hydrogens (tertiary/aromatic N) is 4. The lowest BCUT2D eigenvalue weighted by molar-refractivity contribution is -0.125. The number of hydrogen-bond donors (Lipinski definition) is 4. The number of alkyl halides is 1. The Hall–Kier alpha value is -2.02. The molecule has 1 aromatic heterocycles. The van der Waals surface area contributed by atoms with Gasteiger partial charge in [0.2, 0.25) is 11.8 Å². The average molecular weight is 619 g/mol. The van der Waals surface area contributed by atoms with Gasteiger partial charge in [-0.15, -0.1) is 21.8 Å². The molecule has 3 aliphatic carbocycles. The molecule has 5 rings (SSSR count). The molecular weight excluding hydrogens is 571 g/mol. The van der Waals surface area contributed by atoms with Gasteiger partial charge >= 0.3 is 7.12 Å². The second kappa shape index (κ2) is 14.8. The van der Waals surface area contributed by atoms with Crippen LogP contribution in [0.1, 0.15) is 107 Å². The van der Waals surface area contributed by atoms with Crippen LogP contribution in [0.15, 0.2) is 4.99 Å². The molecule has 11 nitrogen and oxygen atoms in total. The SMILES string of the molecule is COC1CCC2C(C1)C(C1CCC(Cl)CC1)=N[C@@H](CC(=O)NCCCNC(=O)C1CCC(B(O)O)CC1)c1nnc(C)n12. The van der Waals surface area contributed by atoms with Gasteiger partial charge in [0.25, 0.3) is 0 Å². The Morgan fingerprint density at radius 1 is 1.00 bits per heavy atom. The van der Waals surface area contributed by atoms with Gasteiger partial charge in [0, 0.05) is 49.2 Å². The van der Waals surface area contributed by atoms with Gasteiger partial charge in [-0.25, -0.2) is 0 Å². The van der Waals surface area contributed by atoms with Gasteiger partial charge in [-0.2, -0.15) is 0 Å². The molecule has 4 N–H and O–H groups in total. The number of aromatic nitrogens is 3. The molecule has 1 aliphatic heterocycles. The Labute approximate surface area is 260 Å². The Balaban J connectivity index is 1.19. The van der Waals surface area contributed by atoms with Crippen LogP contribution in [-0.2, 0) is 14.3 Å². The van der Waals surface area contributed by atoms with Crippen molar-refractivity contribution in [1.82, 2.24) is 25.4 Å². The van der Waals surface area contributed by atoms with E-state index in [1.54, 1.807) is 7.11 Å². The zero-order valence-electron chi connectivity index (χ0n) is 25.6. The highest BCUT2D eigenvalue weighted by atomic mass is 35.5. The Kier molecular flexibility index (Phi) is 11.2. The van der Waals surface area contributed by atoms with Gasteiger partial charge in [-0.05, 0) is 82.9 Å². The van der Waals surface area contributed by atoms with Gasteiger partial charge in [0.05, 0.1) is 12.5 Å². The number of aryl methyl sites for hydroxylation is 1. The molecule has 13 heteroatoms. The van der Waals surface area contributed by atoms with E-state index in [0.717, 1.165) is 56.6 Å². The second-order valence-electron chi connectivity index (χ2n) is 13.1. The van der Waals surface area contributed by atoms with E-state index in [1.165, 1.54) is 5.71 Å². The number of carbonyl (C=O) groups excluding carboxylic acids is 2. The smallest absolute Gasteiger partial charge is 0.427 e. The van der Waals surface area contributed by atoms with Crippen molar-refractivity contribution < 1.29 is 24.4 Å². The van der Waals surface area contributed by atoms with Crippen molar-refractivity contribution in [3.8, 4) is 0 Å². The van der Waals surface area contributed by atoms with E-state index in [4.69, 9.17) is 21.3 Å². The first-order valence-electron chi connectivity index (χ1n) is 16.3. The lowest BCUT2D eigenvalue weighted by Gasteiger charge is -2.39. The first-order valence-corrected chi connectivity index (χ1v) is 16.7. The van der Waals surface area contributed by atoms with Crippen LogP contribution in [0.3, 0.4) is 0 Å². The van der Waals surface area contributed by atoms with Gasteiger partial charge < -0.3 is 30.0 Å². The fourth-order valence-electron chi connectivity index (χ4n) is 7.81. The molecular formula is C30H48BClN6O5. The summed E-state index contributed by atoms with van der Waals surface area (Å²) in [5, 5.41) is 33.9. The molecule has 3 saturated carbocycles. The number of amides is 2. The Morgan fingerprint density at radius 3 is 2.42 bits per heavy atom. The van der Waals surface area contributed by atoms with Crippen LogP contribution >= 0.6 is 11.6 Å². The number of fused-ring (bicyclic) bond motifs is 3. The highest BCUT2D eigenvalue weighted by molar-refractivity contribution is 6.43. The number of rotatable bonds is 10. The second-order valence-corrected chi connectivity index (χ2v) is 13.7. The first kappa shape index (κ1) is 32.4. The largest absolute Gasteiger partial charge is 0.454 e. The van der Waals surface area contributed by atoms with Crippen molar-refractivity contribution in [1.29, 1.82) is 0 Å². The fraction of sp³-hybridized carbons (Fsp3) is 0.833. The first-order chi connectivity index (χ1) is 20.7. The lowest BCUT2D eigenvalue weighted by atomic mass is 9.63. The van der Waals surface area contributed by atoms with Gasteiger partial charge in [-0.1, -0.05) is 12.8 Å². The summed E-state index contributed by atoms with van der Waals surface area (Å²) in [4.78, 5) is 31.1. The molecule has 0 bridgehead atoms. The van der Waals surface area contributed by atoms with E-state index in [2.05, 4.69) is 25.4 Å². The summed E-state index contributed by atoms with van der Waals surface area (Å²) < 4.78 is 8.08. The maximum atomic E-state index is 13.2. The van der Waals surface area contributed by atoms with Crippen LogP contribution in [-0.4, -0.2) is 81.1 Å². The number of methoxy groups -OCH3 is 1. The molecule has 0 radical (unpaired) electrons. The van der Waals surface area contributed by atoms with E-state index in [9.17, 15) is 19.6 Å². The number of ether oxygens (including phenoxy) is 1. The number of hydrogen-bond acceptors (Lipinski definition) is 8. The van der Waals surface area contributed by atoms with Crippen molar-refractivity contribution in [3.63, 3.8) is 0 Å². The Bertz CT molecular complexity index is 1130. The minimum Gasteiger partial charge on any atom is -0.427 e. The lowest BCUT2D eigenvalue weighted by Crippen LogP contribution is -2.39. The maximum absolute atomic E-state index is 13.2. The molecule has 3 fully saturated rings. The van der Waals surface area contributed by atoms with Crippen LogP contribution in [0.25, 0.3) is 0 Å². The van der Waals surface area contributed by atoms with Gasteiger partial charge in [-0.3, -0.25) is 14.6 Å². The summed E-state index contributed by atoms with van der Waals surface area (Å²) in [6.45, 7) is 2.93. The molecule has 0 saturated heterocycles. The molecule has 2 heterocycles. The van der Waals surface area contributed by atoms with Crippen LogP contribution in [0.5, 0.6) is 0 Å². The monoisotopic (exact) mass is 618 g/mol. The normalized spacial score (nSPS) is 32.5. The molecule has 43 heavy (non-hydrogen) atoms. The topological polar surface area (TPSA) is 151 Å². The molecule has 3 unspecified atom stereocenters. The minimum absolute atomic E-state index is 0.00705. The van der Waals surface area contributed by atoms with Crippen molar-refractivity contribution in [2.24, 2.45) is 22.7 Å². The van der Waals surface area contributed by atoms with Crippen LogP contribution in [0.2, 0.25) is 5.82 Å². The number of aliphatic imine (C=N–C) groups is 1. The van der Waals surface area contributed by atoms with E-state index >= 15 is 0 Å². The summed E-state index contributed by atoms with van der Waals surface area (Å²) in [7, 11) is 0.488.